The summed E-state index contributed by atoms with van der Waals surface area (Å²) in [4.78, 5) is 0. The summed E-state index contributed by atoms with van der Waals surface area (Å²) in [7, 11) is 0. The van der Waals surface area contributed by atoms with Gasteiger partial charge in [0.05, 0.1) is 25.1 Å². The average Bonchev–Trinajstić information content (AvgIpc) is 2.71. The summed E-state index contributed by atoms with van der Waals surface area (Å²) in [5.74, 6) is 1.61. The highest BCUT2D eigenvalue weighted by atomic mass is 16.5. The van der Waals surface area contributed by atoms with Gasteiger partial charge in [0, 0.05) is 11.6 Å². The summed E-state index contributed by atoms with van der Waals surface area (Å²) < 4.78 is 11.6. The van der Waals surface area contributed by atoms with Crippen molar-refractivity contribution in [3.05, 3.63) is 66.2 Å². The molecule has 0 saturated heterocycles. The molecular formula is C23H26N2O2. The number of anilines is 1. The van der Waals surface area contributed by atoms with Crippen LogP contribution in [-0.2, 0) is 0 Å². The Morgan fingerprint density at radius 1 is 0.852 bits per heavy atom. The van der Waals surface area contributed by atoms with Crippen LogP contribution >= 0.6 is 0 Å². The van der Waals surface area contributed by atoms with E-state index < -0.39 is 0 Å². The Balaban J connectivity index is 1.73. The highest BCUT2D eigenvalue weighted by molar-refractivity contribution is 5.87. The summed E-state index contributed by atoms with van der Waals surface area (Å²) in [5, 5.41) is 6.78. The molecule has 0 saturated carbocycles. The molecule has 0 aromatic heterocycles. The van der Waals surface area contributed by atoms with Crippen LogP contribution in [0.4, 0.5) is 5.69 Å². The number of benzene rings is 3. The van der Waals surface area contributed by atoms with Crippen molar-refractivity contribution >= 4 is 22.7 Å². The van der Waals surface area contributed by atoms with E-state index in [0.29, 0.717) is 13.2 Å². The standard InChI is InChI=1S/C23H26N2O2/c1-3-13-26-22-12-10-20(23(16-22)27-14-4-2)17-24-25-21-11-9-18-7-5-6-8-19(18)15-21/h5-12,15-17,25H,3-4,13-14H2,1-2H3/b24-17-. The molecule has 3 rings (SSSR count). The molecule has 140 valence electrons. The van der Waals surface area contributed by atoms with Crippen molar-refractivity contribution in [3.8, 4) is 11.5 Å². The lowest BCUT2D eigenvalue weighted by Crippen LogP contribution is -2.01. The van der Waals surface area contributed by atoms with E-state index in [1.807, 2.05) is 36.4 Å². The normalized spacial score (nSPS) is 11.0. The first-order valence-corrected chi connectivity index (χ1v) is 9.47. The Bertz CT molecular complexity index is 906. The molecule has 0 amide bonds. The first-order valence-electron chi connectivity index (χ1n) is 9.47. The largest absolute Gasteiger partial charge is 0.493 e. The van der Waals surface area contributed by atoms with Gasteiger partial charge in [-0.1, -0.05) is 44.2 Å². The van der Waals surface area contributed by atoms with Crippen LogP contribution in [0.5, 0.6) is 11.5 Å². The van der Waals surface area contributed by atoms with E-state index in [9.17, 15) is 0 Å². The number of hydrogen-bond donors (Lipinski definition) is 1. The molecule has 0 heterocycles. The second kappa shape index (κ2) is 9.62. The summed E-state index contributed by atoms with van der Waals surface area (Å²) >= 11 is 0. The molecule has 3 aromatic carbocycles. The fourth-order valence-corrected chi connectivity index (χ4v) is 2.70. The van der Waals surface area contributed by atoms with Gasteiger partial charge < -0.3 is 9.47 Å². The average molecular weight is 362 g/mol. The van der Waals surface area contributed by atoms with Gasteiger partial charge in [-0.15, -0.1) is 0 Å². The Morgan fingerprint density at radius 3 is 2.44 bits per heavy atom. The molecule has 0 bridgehead atoms. The third kappa shape index (κ3) is 5.23. The van der Waals surface area contributed by atoms with Gasteiger partial charge in [0.2, 0.25) is 0 Å². The molecule has 4 nitrogen and oxygen atoms in total. The van der Waals surface area contributed by atoms with E-state index in [2.05, 4.69) is 48.6 Å². The van der Waals surface area contributed by atoms with E-state index in [4.69, 9.17) is 9.47 Å². The Hall–Kier alpha value is -3.01. The van der Waals surface area contributed by atoms with Gasteiger partial charge in [0.15, 0.2) is 0 Å². The summed E-state index contributed by atoms with van der Waals surface area (Å²) in [6, 6.07) is 20.3. The maximum atomic E-state index is 5.87. The lowest BCUT2D eigenvalue weighted by molar-refractivity contribution is 0.301. The quantitative estimate of drug-likeness (QED) is 0.383. The minimum absolute atomic E-state index is 0.663. The summed E-state index contributed by atoms with van der Waals surface area (Å²) in [5.41, 5.74) is 4.97. The minimum Gasteiger partial charge on any atom is -0.493 e. The van der Waals surface area contributed by atoms with E-state index >= 15 is 0 Å². The Kier molecular flexibility index (Phi) is 6.69. The van der Waals surface area contributed by atoms with E-state index in [1.54, 1.807) is 6.21 Å². The van der Waals surface area contributed by atoms with E-state index in [0.717, 1.165) is 35.6 Å². The highest BCUT2D eigenvalue weighted by Crippen LogP contribution is 2.25. The van der Waals surface area contributed by atoms with Crippen molar-refractivity contribution in [2.75, 3.05) is 18.6 Å². The minimum atomic E-state index is 0.663. The molecule has 4 heteroatoms. The smallest absolute Gasteiger partial charge is 0.131 e. The van der Waals surface area contributed by atoms with Crippen molar-refractivity contribution in [1.82, 2.24) is 0 Å². The maximum absolute atomic E-state index is 5.87. The van der Waals surface area contributed by atoms with Crippen molar-refractivity contribution < 1.29 is 9.47 Å². The van der Waals surface area contributed by atoms with Crippen LogP contribution in [0.3, 0.4) is 0 Å². The van der Waals surface area contributed by atoms with Crippen molar-refractivity contribution in [1.29, 1.82) is 0 Å². The van der Waals surface area contributed by atoms with Gasteiger partial charge in [-0.25, -0.2) is 0 Å². The van der Waals surface area contributed by atoms with Gasteiger partial charge in [0.1, 0.15) is 11.5 Å². The molecule has 0 fully saturated rings. The van der Waals surface area contributed by atoms with Crippen LogP contribution in [0, 0.1) is 0 Å². The number of nitrogens with one attached hydrogen (secondary N) is 1. The second-order valence-corrected chi connectivity index (χ2v) is 6.33. The SMILES string of the molecule is CCCOc1ccc(/C=N\Nc2ccc3ccccc3c2)c(OCCC)c1. The zero-order valence-electron chi connectivity index (χ0n) is 15.9. The van der Waals surface area contributed by atoms with Gasteiger partial charge in [-0.05, 0) is 47.9 Å². The molecule has 0 radical (unpaired) electrons. The van der Waals surface area contributed by atoms with Crippen molar-refractivity contribution in [2.24, 2.45) is 5.10 Å². The lowest BCUT2D eigenvalue weighted by atomic mass is 10.1. The fourth-order valence-electron chi connectivity index (χ4n) is 2.70. The molecule has 0 unspecified atom stereocenters. The van der Waals surface area contributed by atoms with Crippen molar-refractivity contribution in [3.63, 3.8) is 0 Å². The second-order valence-electron chi connectivity index (χ2n) is 6.33. The monoisotopic (exact) mass is 362 g/mol. The fraction of sp³-hybridized carbons (Fsp3) is 0.261. The molecule has 0 aliphatic heterocycles. The zero-order valence-corrected chi connectivity index (χ0v) is 15.9. The third-order valence-electron chi connectivity index (χ3n) is 4.07. The molecular weight excluding hydrogens is 336 g/mol. The number of hydrazone groups is 1. The first-order chi connectivity index (χ1) is 13.3. The first kappa shape index (κ1) is 18.8. The van der Waals surface area contributed by atoms with Crippen LogP contribution < -0.4 is 14.9 Å². The Labute approximate surface area is 160 Å². The van der Waals surface area contributed by atoms with Gasteiger partial charge in [0.25, 0.3) is 0 Å². The molecule has 0 aliphatic rings. The van der Waals surface area contributed by atoms with Gasteiger partial charge in [-0.3, -0.25) is 5.43 Å². The molecule has 3 aromatic rings. The highest BCUT2D eigenvalue weighted by Gasteiger charge is 2.05. The molecule has 0 spiro atoms. The number of ether oxygens (including phenoxy) is 2. The zero-order chi connectivity index (χ0) is 18.9. The number of fused-ring (bicyclic) bond motifs is 1. The predicted octanol–water partition coefficient (Wildman–Crippen LogP) is 5.86. The van der Waals surface area contributed by atoms with Crippen LogP contribution in [0.2, 0.25) is 0 Å². The molecule has 1 N–H and O–H groups in total. The number of rotatable bonds is 9. The van der Waals surface area contributed by atoms with E-state index in [1.165, 1.54) is 10.8 Å². The van der Waals surface area contributed by atoms with Gasteiger partial charge >= 0.3 is 0 Å². The third-order valence-corrected chi connectivity index (χ3v) is 4.07. The lowest BCUT2D eigenvalue weighted by Gasteiger charge is -2.11. The number of hydrogen-bond acceptors (Lipinski definition) is 4. The van der Waals surface area contributed by atoms with Crippen LogP contribution in [-0.4, -0.2) is 19.4 Å². The van der Waals surface area contributed by atoms with Crippen LogP contribution in [0.25, 0.3) is 10.8 Å². The Morgan fingerprint density at radius 2 is 1.63 bits per heavy atom. The van der Waals surface area contributed by atoms with Gasteiger partial charge in [-0.2, -0.15) is 5.10 Å². The molecule has 0 aliphatic carbocycles. The number of nitrogens with zero attached hydrogens (tertiary/aromatic N) is 1. The predicted molar refractivity (Wildman–Crippen MR) is 113 cm³/mol. The molecule has 0 atom stereocenters. The maximum Gasteiger partial charge on any atom is 0.131 e. The van der Waals surface area contributed by atoms with Crippen LogP contribution in [0.1, 0.15) is 32.3 Å². The summed E-state index contributed by atoms with van der Waals surface area (Å²) in [6.45, 7) is 5.54. The topological polar surface area (TPSA) is 42.8 Å². The van der Waals surface area contributed by atoms with Crippen molar-refractivity contribution in [2.45, 2.75) is 26.7 Å². The summed E-state index contributed by atoms with van der Waals surface area (Å²) in [6.07, 6.45) is 3.71. The molecule has 27 heavy (non-hydrogen) atoms. The van der Waals surface area contributed by atoms with E-state index in [-0.39, 0.29) is 0 Å². The van der Waals surface area contributed by atoms with Crippen LogP contribution in [0.15, 0.2) is 65.8 Å².